The number of rotatable bonds is 10. The molecule has 5 nitrogen and oxygen atoms in total. The molecule has 0 unspecified atom stereocenters. The maximum atomic E-state index is 14.7. The highest BCUT2D eigenvalue weighted by Crippen LogP contribution is 2.21. The number of nitrogens with zero attached hydrogens (tertiary/aromatic N) is 1. The van der Waals surface area contributed by atoms with Crippen LogP contribution < -0.4 is 10.1 Å². The van der Waals surface area contributed by atoms with Gasteiger partial charge in [-0.15, -0.1) is 0 Å². The van der Waals surface area contributed by atoms with E-state index < -0.39 is 11.9 Å². The first kappa shape index (κ1) is 26.4. The second-order valence-electron chi connectivity index (χ2n) is 9.77. The molecule has 1 atom stereocenters. The monoisotopic (exact) mass is 502 g/mol. The van der Waals surface area contributed by atoms with Gasteiger partial charge < -0.3 is 15.0 Å². The third kappa shape index (κ3) is 7.66. The van der Waals surface area contributed by atoms with Gasteiger partial charge in [0.25, 0.3) is 5.91 Å². The number of nitrogens with one attached hydrogen (secondary N) is 1. The van der Waals surface area contributed by atoms with Gasteiger partial charge in [-0.25, -0.2) is 4.39 Å². The average molecular weight is 503 g/mol. The van der Waals surface area contributed by atoms with E-state index in [0.29, 0.717) is 17.7 Å². The van der Waals surface area contributed by atoms with E-state index in [1.54, 1.807) is 24.3 Å². The summed E-state index contributed by atoms with van der Waals surface area (Å²) in [6.45, 7) is 1.67. The van der Waals surface area contributed by atoms with Crippen molar-refractivity contribution < 1.29 is 18.7 Å². The van der Waals surface area contributed by atoms with Crippen LogP contribution in [0.1, 0.15) is 48.8 Å². The van der Waals surface area contributed by atoms with Crippen LogP contribution >= 0.6 is 0 Å². The lowest BCUT2D eigenvalue weighted by Crippen LogP contribution is -2.53. The topological polar surface area (TPSA) is 58.6 Å². The highest BCUT2D eigenvalue weighted by Gasteiger charge is 2.32. The van der Waals surface area contributed by atoms with E-state index in [-0.39, 0.29) is 31.0 Å². The van der Waals surface area contributed by atoms with Gasteiger partial charge in [0.1, 0.15) is 17.6 Å². The number of halogens is 1. The Morgan fingerprint density at radius 1 is 0.973 bits per heavy atom. The largest absolute Gasteiger partial charge is 0.484 e. The second kappa shape index (κ2) is 13.0. The second-order valence-corrected chi connectivity index (χ2v) is 9.77. The first-order valence-corrected chi connectivity index (χ1v) is 13.1. The zero-order valence-corrected chi connectivity index (χ0v) is 21.4. The van der Waals surface area contributed by atoms with E-state index in [9.17, 15) is 14.0 Å². The van der Waals surface area contributed by atoms with Gasteiger partial charge in [0.2, 0.25) is 5.91 Å². The Hall–Kier alpha value is -3.67. The Kier molecular flexibility index (Phi) is 9.30. The Morgan fingerprint density at radius 3 is 2.43 bits per heavy atom. The Labute approximate surface area is 218 Å². The van der Waals surface area contributed by atoms with Gasteiger partial charge in [0.15, 0.2) is 6.61 Å². The molecule has 2 amide bonds. The number of carbonyl (C=O) groups is 2. The van der Waals surface area contributed by atoms with Crippen molar-refractivity contribution in [2.45, 2.75) is 64.1 Å². The molecule has 37 heavy (non-hydrogen) atoms. The van der Waals surface area contributed by atoms with Crippen molar-refractivity contribution in [1.29, 1.82) is 0 Å². The minimum absolute atomic E-state index is 0.0295. The van der Waals surface area contributed by atoms with Gasteiger partial charge in [0.05, 0.1) is 0 Å². The van der Waals surface area contributed by atoms with Crippen LogP contribution in [0.25, 0.3) is 0 Å². The predicted molar refractivity (Wildman–Crippen MR) is 143 cm³/mol. The van der Waals surface area contributed by atoms with E-state index in [1.165, 1.54) is 17.4 Å². The molecule has 0 radical (unpaired) electrons. The Bertz CT molecular complexity index is 1180. The molecule has 3 aromatic carbocycles. The summed E-state index contributed by atoms with van der Waals surface area (Å²) in [5.41, 5.74) is 2.30. The smallest absolute Gasteiger partial charge is 0.261 e. The molecule has 1 saturated carbocycles. The van der Waals surface area contributed by atoms with Gasteiger partial charge in [-0.1, -0.05) is 79.9 Å². The van der Waals surface area contributed by atoms with Crippen LogP contribution in [0.3, 0.4) is 0 Å². The zero-order chi connectivity index (χ0) is 26.0. The minimum atomic E-state index is -0.808. The quantitative estimate of drug-likeness (QED) is 0.393. The molecular weight excluding hydrogens is 467 g/mol. The van der Waals surface area contributed by atoms with Gasteiger partial charge in [-0.3, -0.25) is 9.59 Å². The summed E-state index contributed by atoms with van der Waals surface area (Å²) in [6, 6.07) is 22.7. The molecule has 194 valence electrons. The molecule has 1 fully saturated rings. The fraction of sp³-hybridized carbons (Fsp3) is 0.355. The number of hydrogen-bond acceptors (Lipinski definition) is 3. The Morgan fingerprint density at radius 2 is 1.70 bits per heavy atom. The standard InChI is InChI=1S/C31H35FN2O3/c1-23-11-10-17-27(19-23)37-22-30(35)34(21-25-14-8-9-18-28(25)32)29(20-24-12-4-2-5-13-24)31(36)33-26-15-6-3-7-16-26/h2,4-5,8-14,17-19,26,29H,3,6-7,15-16,20-22H2,1H3,(H,33,36)/t29-/m0/s1. The number of amides is 2. The van der Waals surface area contributed by atoms with Crippen molar-refractivity contribution in [3.05, 3.63) is 101 Å². The number of aryl methyl sites for hydroxylation is 1. The first-order valence-electron chi connectivity index (χ1n) is 13.1. The lowest BCUT2D eigenvalue weighted by molar-refractivity contribution is -0.143. The van der Waals surface area contributed by atoms with E-state index in [2.05, 4.69) is 5.32 Å². The van der Waals surface area contributed by atoms with Crippen LogP contribution in [0.4, 0.5) is 4.39 Å². The van der Waals surface area contributed by atoms with Gasteiger partial charge in [-0.05, 0) is 49.1 Å². The number of carbonyl (C=O) groups excluding carboxylic acids is 2. The van der Waals surface area contributed by atoms with Crippen molar-refractivity contribution in [3.63, 3.8) is 0 Å². The molecule has 1 aliphatic carbocycles. The molecule has 0 saturated heterocycles. The van der Waals surface area contributed by atoms with E-state index in [4.69, 9.17) is 4.74 Å². The van der Waals surface area contributed by atoms with Crippen molar-refractivity contribution in [2.75, 3.05) is 6.61 Å². The van der Waals surface area contributed by atoms with Crippen molar-refractivity contribution in [2.24, 2.45) is 0 Å². The number of ether oxygens (including phenoxy) is 1. The van der Waals surface area contributed by atoms with Crippen LogP contribution in [-0.2, 0) is 22.6 Å². The van der Waals surface area contributed by atoms with Crippen LogP contribution in [-0.4, -0.2) is 35.4 Å². The van der Waals surface area contributed by atoms with Gasteiger partial charge in [0, 0.05) is 24.6 Å². The fourth-order valence-corrected chi connectivity index (χ4v) is 4.84. The summed E-state index contributed by atoms with van der Waals surface area (Å²) >= 11 is 0. The lowest BCUT2D eigenvalue weighted by atomic mass is 9.94. The summed E-state index contributed by atoms with van der Waals surface area (Å²) in [5, 5.41) is 3.19. The van der Waals surface area contributed by atoms with Crippen molar-refractivity contribution in [3.8, 4) is 5.75 Å². The molecule has 6 heteroatoms. The summed E-state index contributed by atoms with van der Waals surface area (Å²) in [5.74, 6) is -0.419. The molecular formula is C31H35FN2O3. The molecule has 0 aromatic heterocycles. The molecule has 0 heterocycles. The Balaban J connectivity index is 1.62. The minimum Gasteiger partial charge on any atom is -0.484 e. The summed E-state index contributed by atoms with van der Waals surface area (Å²) in [4.78, 5) is 28.8. The number of benzene rings is 3. The molecule has 4 rings (SSSR count). The van der Waals surface area contributed by atoms with Crippen LogP contribution in [0.2, 0.25) is 0 Å². The van der Waals surface area contributed by atoms with E-state index >= 15 is 0 Å². The fourth-order valence-electron chi connectivity index (χ4n) is 4.84. The van der Waals surface area contributed by atoms with Gasteiger partial charge >= 0.3 is 0 Å². The SMILES string of the molecule is Cc1cccc(OCC(=O)N(Cc2ccccc2F)[C@@H](Cc2ccccc2)C(=O)NC2CCCCC2)c1. The summed E-state index contributed by atoms with van der Waals surface area (Å²) < 4.78 is 20.5. The molecule has 0 bridgehead atoms. The van der Waals surface area contributed by atoms with E-state index in [0.717, 1.165) is 36.8 Å². The molecule has 1 N–H and O–H groups in total. The van der Waals surface area contributed by atoms with Crippen molar-refractivity contribution in [1.82, 2.24) is 10.2 Å². The average Bonchev–Trinajstić information content (AvgIpc) is 2.91. The van der Waals surface area contributed by atoms with Gasteiger partial charge in [-0.2, -0.15) is 0 Å². The highest BCUT2D eigenvalue weighted by atomic mass is 19.1. The first-order chi connectivity index (χ1) is 18.0. The normalized spacial score (nSPS) is 14.5. The lowest BCUT2D eigenvalue weighted by Gasteiger charge is -2.33. The maximum Gasteiger partial charge on any atom is 0.261 e. The zero-order valence-electron chi connectivity index (χ0n) is 21.4. The summed E-state index contributed by atoms with van der Waals surface area (Å²) in [7, 11) is 0. The van der Waals surface area contributed by atoms with Crippen LogP contribution in [0.5, 0.6) is 5.75 Å². The molecule has 0 aliphatic heterocycles. The van der Waals surface area contributed by atoms with Crippen LogP contribution in [0, 0.1) is 12.7 Å². The number of hydrogen-bond donors (Lipinski definition) is 1. The third-order valence-electron chi connectivity index (χ3n) is 6.87. The third-order valence-corrected chi connectivity index (χ3v) is 6.87. The molecule has 3 aromatic rings. The van der Waals surface area contributed by atoms with Crippen molar-refractivity contribution >= 4 is 11.8 Å². The highest BCUT2D eigenvalue weighted by molar-refractivity contribution is 5.88. The van der Waals surface area contributed by atoms with E-state index in [1.807, 2.05) is 55.5 Å². The molecule has 1 aliphatic rings. The predicted octanol–water partition coefficient (Wildman–Crippen LogP) is 5.60. The molecule has 0 spiro atoms. The summed E-state index contributed by atoms with van der Waals surface area (Å²) in [6.07, 6.45) is 5.52. The van der Waals surface area contributed by atoms with Crippen LogP contribution in [0.15, 0.2) is 78.9 Å². The maximum absolute atomic E-state index is 14.7.